The predicted molar refractivity (Wildman–Crippen MR) is 113 cm³/mol. The van der Waals surface area contributed by atoms with E-state index in [-0.39, 0.29) is 34.1 Å². The Balaban J connectivity index is 0.00000272. The number of pyridine rings is 2. The Hall–Kier alpha value is -3.33. The second kappa shape index (κ2) is 9.65. The summed E-state index contributed by atoms with van der Waals surface area (Å²) in [6.45, 7) is 0. The molecule has 8 nitrogen and oxygen atoms in total. The molecule has 1 N–H and O–H groups in total. The normalized spacial score (nSPS) is 10.3. The molecule has 0 spiro atoms. The zero-order valence-electron chi connectivity index (χ0n) is 15.6. The molecule has 0 fully saturated rings. The molecule has 0 aliphatic carbocycles. The Kier molecular flexibility index (Phi) is 6.96. The highest BCUT2D eigenvalue weighted by molar-refractivity contribution is 6.42. The van der Waals surface area contributed by atoms with E-state index in [1.54, 1.807) is 29.1 Å². The summed E-state index contributed by atoms with van der Waals surface area (Å²) >= 11 is 12.4. The molecule has 11 heteroatoms. The van der Waals surface area contributed by atoms with Crippen LogP contribution in [0.5, 0.6) is 0 Å². The molecule has 31 heavy (non-hydrogen) atoms. The van der Waals surface area contributed by atoms with Gasteiger partial charge in [0.2, 0.25) is 11.0 Å². The van der Waals surface area contributed by atoms with Crippen LogP contribution >= 0.6 is 23.2 Å². The number of nitrogens with zero attached hydrogens (tertiary/aromatic N) is 5. The second-order valence-corrected chi connectivity index (χ2v) is 6.87. The van der Waals surface area contributed by atoms with E-state index < -0.39 is 4.92 Å². The molecular weight excluding hydrogens is 463 g/mol. The Bertz CT molecular complexity index is 1210. The van der Waals surface area contributed by atoms with E-state index in [0.29, 0.717) is 11.6 Å². The smallest absolute Gasteiger partial charge is 0.440 e. The van der Waals surface area contributed by atoms with E-state index in [9.17, 15) is 10.1 Å². The number of nitro benzene ring substituents is 1. The molecule has 0 radical (unpaired) electrons. The van der Waals surface area contributed by atoms with Gasteiger partial charge in [0.15, 0.2) is 5.02 Å². The summed E-state index contributed by atoms with van der Waals surface area (Å²) < 4.78 is 1.70. The Morgan fingerprint density at radius 1 is 0.903 bits per heavy atom. The topological polar surface area (TPSA) is 97.7 Å². The van der Waals surface area contributed by atoms with Crippen molar-refractivity contribution in [2.75, 3.05) is 5.32 Å². The van der Waals surface area contributed by atoms with Crippen LogP contribution in [0, 0.1) is 10.1 Å². The summed E-state index contributed by atoms with van der Waals surface area (Å²) in [4.78, 5) is 23.0. The minimum absolute atomic E-state index is 0. The van der Waals surface area contributed by atoms with E-state index in [0.717, 1.165) is 11.1 Å². The third-order valence-electron chi connectivity index (χ3n) is 4.21. The van der Waals surface area contributed by atoms with Gasteiger partial charge in [-0.1, -0.05) is 16.6 Å². The lowest BCUT2D eigenvalue weighted by Crippen LogP contribution is -3.00. The molecule has 156 valence electrons. The molecule has 3 heterocycles. The molecular formula is C20H13Cl3N6O2. The molecule has 0 unspecified atom stereocenters. The molecule has 0 saturated carbocycles. The van der Waals surface area contributed by atoms with Gasteiger partial charge in [-0.2, -0.15) is 0 Å². The van der Waals surface area contributed by atoms with Gasteiger partial charge in [-0.25, -0.2) is 4.57 Å². The number of halogens is 3. The van der Waals surface area contributed by atoms with Gasteiger partial charge in [0, 0.05) is 30.2 Å². The SMILES string of the molecule is O=[N+]([O-])c1ccc(Nc2nc(-[n+]3ccc(-c4ccncc4)cc3)nc(Cl)c2Cl)cc1.[Cl-]. The maximum absolute atomic E-state index is 10.8. The van der Waals surface area contributed by atoms with Gasteiger partial charge in [-0.3, -0.25) is 15.1 Å². The Morgan fingerprint density at radius 2 is 1.52 bits per heavy atom. The van der Waals surface area contributed by atoms with Crippen molar-refractivity contribution in [3.8, 4) is 17.1 Å². The molecule has 0 aliphatic heterocycles. The lowest BCUT2D eigenvalue weighted by atomic mass is 10.1. The standard InChI is InChI=1S/C20H13Cl2N6O2.ClH/c21-17-18(22)25-20(26-19(17)24-15-1-3-16(4-2-15)28(29)30)27-11-7-14(8-12-27)13-5-9-23-10-6-13;/h1-12H,(H,24,25,26);1H/q+1;/p-1. The summed E-state index contributed by atoms with van der Waals surface area (Å²) in [6, 6.07) is 13.6. The van der Waals surface area contributed by atoms with E-state index in [1.165, 1.54) is 12.1 Å². The molecule has 0 saturated heterocycles. The lowest BCUT2D eigenvalue weighted by Gasteiger charge is -2.06. The van der Waals surface area contributed by atoms with Crippen LogP contribution in [-0.2, 0) is 0 Å². The maximum atomic E-state index is 10.8. The van der Waals surface area contributed by atoms with Crippen molar-refractivity contribution in [2.24, 2.45) is 0 Å². The first kappa shape index (κ1) is 22.4. The number of aromatic nitrogens is 4. The fourth-order valence-electron chi connectivity index (χ4n) is 2.71. The first-order chi connectivity index (χ1) is 14.5. The van der Waals surface area contributed by atoms with E-state index >= 15 is 0 Å². The average molecular weight is 476 g/mol. The predicted octanol–water partition coefficient (Wildman–Crippen LogP) is 1.78. The second-order valence-electron chi connectivity index (χ2n) is 6.14. The van der Waals surface area contributed by atoms with Gasteiger partial charge >= 0.3 is 5.95 Å². The number of hydrogen-bond acceptors (Lipinski definition) is 6. The highest BCUT2D eigenvalue weighted by Crippen LogP contribution is 2.30. The first-order valence-corrected chi connectivity index (χ1v) is 9.43. The van der Waals surface area contributed by atoms with Crippen molar-refractivity contribution in [1.29, 1.82) is 0 Å². The van der Waals surface area contributed by atoms with Crippen molar-refractivity contribution < 1.29 is 21.9 Å². The van der Waals surface area contributed by atoms with Gasteiger partial charge in [-0.05, 0) is 64.1 Å². The summed E-state index contributed by atoms with van der Waals surface area (Å²) in [6.07, 6.45) is 7.08. The third-order valence-corrected chi connectivity index (χ3v) is 4.94. The van der Waals surface area contributed by atoms with Crippen molar-refractivity contribution >= 4 is 40.4 Å². The number of nitrogens with one attached hydrogen (secondary N) is 1. The number of hydrogen-bond donors (Lipinski definition) is 1. The zero-order valence-corrected chi connectivity index (χ0v) is 17.9. The van der Waals surface area contributed by atoms with Crippen LogP contribution in [0.3, 0.4) is 0 Å². The number of benzene rings is 1. The van der Waals surface area contributed by atoms with Crippen LogP contribution in [-0.4, -0.2) is 19.9 Å². The number of nitro groups is 1. The molecule has 1 aromatic carbocycles. The summed E-state index contributed by atoms with van der Waals surface area (Å²) in [5.74, 6) is 0.598. The summed E-state index contributed by atoms with van der Waals surface area (Å²) in [7, 11) is 0. The largest absolute Gasteiger partial charge is 1.00 e. The molecule has 4 aromatic rings. The van der Waals surface area contributed by atoms with Crippen LogP contribution in [0.25, 0.3) is 17.1 Å². The lowest BCUT2D eigenvalue weighted by molar-refractivity contribution is -0.603. The number of non-ortho nitro benzene ring substituents is 1. The van der Waals surface area contributed by atoms with Crippen LogP contribution in [0.1, 0.15) is 0 Å². The highest BCUT2D eigenvalue weighted by Gasteiger charge is 2.21. The monoisotopic (exact) mass is 474 g/mol. The maximum Gasteiger partial charge on any atom is 0.440 e. The fourth-order valence-corrected chi connectivity index (χ4v) is 3.00. The molecule has 4 rings (SSSR count). The van der Waals surface area contributed by atoms with Gasteiger partial charge < -0.3 is 17.7 Å². The van der Waals surface area contributed by atoms with Crippen molar-refractivity contribution in [2.45, 2.75) is 0 Å². The number of anilines is 2. The summed E-state index contributed by atoms with van der Waals surface area (Å²) in [5, 5.41) is 14.0. The third kappa shape index (κ3) is 5.05. The van der Waals surface area contributed by atoms with Crippen LogP contribution < -0.4 is 22.3 Å². The molecule has 0 bridgehead atoms. The quantitative estimate of drug-likeness (QED) is 0.204. The minimum Gasteiger partial charge on any atom is -1.00 e. The van der Waals surface area contributed by atoms with Crippen molar-refractivity contribution in [3.63, 3.8) is 0 Å². The number of rotatable bonds is 5. The molecule has 0 atom stereocenters. The Labute approximate surface area is 193 Å². The van der Waals surface area contributed by atoms with Gasteiger partial charge in [0.1, 0.15) is 0 Å². The van der Waals surface area contributed by atoms with Crippen molar-refractivity contribution in [3.05, 3.63) is 93.6 Å². The highest BCUT2D eigenvalue weighted by atomic mass is 35.5. The van der Waals surface area contributed by atoms with E-state index in [1.807, 2.05) is 36.7 Å². The van der Waals surface area contributed by atoms with Crippen LogP contribution in [0.15, 0.2) is 73.3 Å². The summed E-state index contributed by atoms with van der Waals surface area (Å²) in [5.41, 5.74) is 2.60. The van der Waals surface area contributed by atoms with E-state index in [2.05, 4.69) is 20.3 Å². The van der Waals surface area contributed by atoms with Crippen LogP contribution in [0.4, 0.5) is 17.2 Å². The molecule has 0 amide bonds. The van der Waals surface area contributed by atoms with E-state index in [4.69, 9.17) is 23.2 Å². The average Bonchev–Trinajstić information content (AvgIpc) is 2.78. The van der Waals surface area contributed by atoms with Gasteiger partial charge in [0.05, 0.1) is 17.3 Å². The minimum atomic E-state index is -0.470. The van der Waals surface area contributed by atoms with Gasteiger partial charge in [0.25, 0.3) is 5.69 Å². The zero-order chi connectivity index (χ0) is 21.1. The Morgan fingerprint density at radius 3 is 2.13 bits per heavy atom. The van der Waals surface area contributed by atoms with Crippen LogP contribution in [0.2, 0.25) is 10.2 Å². The fraction of sp³-hybridized carbons (Fsp3) is 0. The van der Waals surface area contributed by atoms with Gasteiger partial charge in [-0.15, -0.1) is 0 Å². The van der Waals surface area contributed by atoms with Crippen molar-refractivity contribution in [1.82, 2.24) is 15.0 Å². The molecule has 0 aliphatic rings. The first-order valence-electron chi connectivity index (χ1n) is 8.68. The molecule has 3 aromatic heterocycles.